The number of sulfonamides is 1. The minimum atomic E-state index is -3.61. The Hall–Kier alpha value is -2.76. The molecule has 0 aliphatic carbocycles. The maximum Gasteiger partial charge on any atom is 0.261 e. The van der Waals surface area contributed by atoms with Crippen molar-refractivity contribution < 1.29 is 8.42 Å². The van der Waals surface area contributed by atoms with Crippen LogP contribution in [0.3, 0.4) is 0 Å². The largest absolute Gasteiger partial charge is 0.355 e. The number of fused-ring (bicyclic) bond motifs is 1. The summed E-state index contributed by atoms with van der Waals surface area (Å²) in [5.41, 5.74) is 4.52. The van der Waals surface area contributed by atoms with Gasteiger partial charge in [0.05, 0.1) is 4.90 Å². The van der Waals surface area contributed by atoms with Crippen molar-refractivity contribution in [2.45, 2.75) is 18.2 Å². The molecule has 0 saturated carbocycles. The number of benzene rings is 3. The molecule has 3 aromatic carbocycles. The fourth-order valence-corrected chi connectivity index (χ4v) is 4.33. The van der Waals surface area contributed by atoms with E-state index < -0.39 is 10.0 Å². The molecule has 0 saturated heterocycles. The normalized spacial score (nSPS) is 11.6. The van der Waals surface area contributed by atoms with Gasteiger partial charge < -0.3 is 4.98 Å². The van der Waals surface area contributed by atoms with Crippen molar-refractivity contribution in [3.05, 3.63) is 83.4 Å². The highest BCUT2D eigenvalue weighted by Gasteiger charge is 2.14. The van der Waals surface area contributed by atoms with Crippen LogP contribution in [0.4, 0.5) is 5.69 Å². The number of aromatic amines is 1. The van der Waals surface area contributed by atoms with Gasteiger partial charge in [-0.1, -0.05) is 42.8 Å². The van der Waals surface area contributed by atoms with Gasteiger partial charge in [-0.3, -0.25) is 4.72 Å². The number of aromatic nitrogens is 1. The third-order valence-corrected chi connectivity index (χ3v) is 6.31. The van der Waals surface area contributed by atoms with E-state index in [0.717, 1.165) is 34.1 Å². The SMILES string of the molecule is CCc1ccc(S(=O)(=O)Nc2ccc(-c3cc4cc(Cl)ccc4[nH]3)cc2)cc1. The topological polar surface area (TPSA) is 62.0 Å². The molecule has 4 rings (SSSR count). The van der Waals surface area contributed by atoms with Crippen molar-refractivity contribution in [1.82, 2.24) is 4.98 Å². The Bertz CT molecular complexity index is 1230. The lowest BCUT2D eigenvalue weighted by Gasteiger charge is -2.09. The monoisotopic (exact) mass is 410 g/mol. The third-order valence-electron chi connectivity index (χ3n) is 4.67. The van der Waals surface area contributed by atoms with Gasteiger partial charge in [0.25, 0.3) is 10.0 Å². The number of halogens is 1. The van der Waals surface area contributed by atoms with Crippen molar-refractivity contribution in [3.8, 4) is 11.3 Å². The number of hydrogen-bond donors (Lipinski definition) is 2. The van der Waals surface area contributed by atoms with Crippen molar-refractivity contribution >= 4 is 38.2 Å². The third kappa shape index (κ3) is 3.77. The van der Waals surface area contributed by atoms with Gasteiger partial charge >= 0.3 is 0 Å². The predicted molar refractivity (Wildman–Crippen MR) is 115 cm³/mol. The Morgan fingerprint density at radius 3 is 2.32 bits per heavy atom. The molecule has 28 heavy (non-hydrogen) atoms. The zero-order valence-electron chi connectivity index (χ0n) is 15.2. The molecule has 1 aromatic heterocycles. The summed E-state index contributed by atoms with van der Waals surface area (Å²) in [5, 5.41) is 1.72. The molecule has 142 valence electrons. The van der Waals surface area contributed by atoms with Gasteiger partial charge in [0.15, 0.2) is 0 Å². The number of rotatable bonds is 5. The molecular weight excluding hydrogens is 392 g/mol. The van der Waals surface area contributed by atoms with Crippen LogP contribution < -0.4 is 4.72 Å². The van der Waals surface area contributed by atoms with Crippen molar-refractivity contribution in [1.29, 1.82) is 0 Å². The molecular formula is C22H19ClN2O2S. The second-order valence-corrected chi connectivity index (χ2v) is 8.71. The second kappa shape index (κ2) is 7.34. The Balaban J connectivity index is 1.56. The smallest absolute Gasteiger partial charge is 0.261 e. The lowest BCUT2D eigenvalue weighted by molar-refractivity contribution is 0.601. The van der Waals surface area contributed by atoms with Crippen LogP contribution in [0.5, 0.6) is 0 Å². The number of H-pyrrole nitrogens is 1. The number of anilines is 1. The van der Waals surface area contributed by atoms with Crippen LogP contribution in [-0.4, -0.2) is 13.4 Å². The summed E-state index contributed by atoms with van der Waals surface area (Å²) in [6.07, 6.45) is 0.870. The Labute approximate surface area is 169 Å². The van der Waals surface area contributed by atoms with Crippen LogP contribution in [0.15, 0.2) is 77.7 Å². The zero-order valence-corrected chi connectivity index (χ0v) is 16.8. The molecule has 0 spiro atoms. The molecule has 0 aliphatic rings. The average Bonchev–Trinajstić information content (AvgIpc) is 3.11. The maximum atomic E-state index is 12.6. The molecule has 4 aromatic rings. The van der Waals surface area contributed by atoms with Crippen molar-refractivity contribution in [2.75, 3.05) is 4.72 Å². The van der Waals surface area contributed by atoms with Gasteiger partial charge in [-0.2, -0.15) is 0 Å². The van der Waals surface area contributed by atoms with Crippen molar-refractivity contribution in [2.24, 2.45) is 0 Å². The van der Waals surface area contributed by atoms with Gasteiger partial charge in [0.2, 0.25) is 0 Å². The van der Waals surface area contributed by atoms with Gasteiger partial charge in [0.1, 0.15) is 0 Å². The van der Waals surface area contributed by atoms with Gasteiger partial charge in [-0.25, -0.2) is 8.42 Å². The van der Waals surface area contributed by atoms with E-state index in [4.69, 9.17) is 11.6 Å². The lowest BCUT2D eigenvalue weighted by atomic mass is 10.1. The van der Waals surface area contributed by atoms with Gasteiger partial charge in [-0.15, -0.1) is 0 Å². The number of hydrogen-bond acceptors (Lipinski definition) is 2. The summed E-state index contributed by atoms with van der Waals surface area (Å²) in [6.45, 7) is 2.03. The molecule has 0 radical (unpaired) electrons. The van der Waals surface area contributed by atoms with E-state index in [9.17, 15) is 8.42 Å². The van der Waals surface area contributed by atoms with E-state index in [1.165, 1.54) is 0 Å². The van der Waals surface area contributed by atoms with E-state index in [-0.39, 0.29) is 4.90 Å². The first-order valence-electron chi connectivity index (χ1n) is 8.95. The Kier molecular flexibility index (Phi) is 4.87. The number of nitrogens with one attached hydrogen (secondary N) is 2. The maximum absolute atomic E-state index is 12.6. The van der Waals surface area contributed by atoms with Crippen LogP contribution in [0.1, 0.15) is 12.5 Å². The summed E-state index contributed by atoms with van der Waals surface area (Å²) in [6, 6.07) is 21.9. The summed E-state index contributed by atoms with van der Waals surface area (Å²) >= 11 is 6.04. The van der Waals surface area contributed by atoms with Gasteiger partial charge in [0, 0.05) is 27.3 Å². The highest BCUT2D eigenvalue weighted by atomic mass is 35.5. The van der Waals surface area contributed by atoms with Crippen LogP contribution in [0.2, 0.25) is 5.02 Å². The first-order chi connectivity index (χ1) is 13.4. The van der Waals surface area contributed by atoms with Crippen LogP contribution >= 0.6 is 11.6 Å². The molecule has 0 atom stereocenters. The van der Waals surface area contributed by atoms with Crippen LogP contribution in [0, 0.1) is 0 Å². The first kappa shape index (κ1) is 18.6. The van der Waals surface area contributed by atoms with E-state index in [1.807, 2.05) is 55.5 Å². The molecule has 2 N–H and O–H groups in total. The zero-order chi connectivity index (χ0) is 19.7. The average molecular weight is 411 g/mol. The molecule has 0 aliphatic heterocycles. The standard InChI is InChI=1S/C22H19ClN2O2S/c1-2-15-3-10-20(11-4-15)28(26,27)25-19-8-5-16(6-9-19)22-14-17-13-18(23)7-12-21(17)24-22/h3-14,24-25H,2H2,1H3. The summed E-state index contributed by atoms with van der Waals surface area (Å²) in [5.74, 6) is 0. The Morgan fingerprint density at radius 2 is 1.64 bits per heavy atom. The van der Waals surface area contributed by atoms with E-state index >= 15 is 0 Å². The van der Waals surface area contributed by atoms with E-state index in [0.29, 0.717) is 10.7 Å². The van der Waals surface area contributed by atoms with Gasteiger partial charge in [-0.05, 0) is 66.1 Å². The fourth-order valence-electron chi connectivity index (χ4n) is 3.10. The van der Waals surface area contributed by atoms with Crippen LogP contribution in [0.25, 0.3) is 22.2 Å². The molecule has 0 amide bonds. The quantitative estimate of drug-likeness (QED) is 0.433. The summed E-state index contributed by atoms with van der Waals surface area (Å²) < 4.78 is 27.8. The van der Waals surface area contributed by atoms with Crippen LogP contribution in [-0.2, 0) is 16.4 Å². The predicted octanol–water partition coefficient (Wildman–Crippen LogP) is 5.85. The summed E-state index contributed by atoms with van der Waals surface area (Å²) in [4.78, 5) is 3.60. The molecule has 4 nitrogen and oxygen atoms in total. The molecule has 0 unspecified atom stereocenters. The molecule has 0 bridgehead atoms. The fraction of sp³-hybridized carbons (Fsp3) is 0.0909. The second-order valence-electron chi connectivity index (χ2n) is 6.59. The molecule has 1 heterocycles. The minimum Gasteiger partial charge on any atom is -0.355 e. The minimum absolute atomic E-state index is 0.251. The highest BCUT2D eigenvalue weighted by Crippen LogP contribution is 2.27. The van der Waals surface area contributed by atoms with E-state index in [1.54, 1.807) is 24.3 Å². The lowest BCUT2D eigenvalue weighted by Crippen LogP contribution is -2.12. The first-order valence-corrected chi connectivity index (χ1v) is 10.8. The summed E-state index contributed by atoms with van der Waals surface area (Å²) in [7, 11) is -3.61. The van der Waals surface area contributed by atoms with E-state index in [2.05, 4.69) is 9.71 Å². The molecule has 0 fully saturated rings. The van der Waals surface area contributed by atoms with Crippen molar-refractivity contribution in [3.63, 3.8) is 0 Å². The highest BCUT2D eigenvalue weighted by molar-refractivity contribution is 7.92. The Morgan fingerprint density at radius 1 is 0.929 bits per heavy atom. The molecule has 6 heteroatoms. The number of aryl methyl sites for hydroxylation is 1.